The molecular weight excluding hydrogens is 248 g/mol. The van der Waals surface area contributed by atoms with Crippen LogP contribution < -0.4 is 5.32 Å². The summed E-state index contributed by atoms with van der Waals surface area (Å²) < 4.78 is 26.6. The minimum absolute atomic E-state index is 0.171. The van der Waals surface area contributed by atoms with Gasteiger partial charge in [0.25, 0.3) is 5.91 Å². The Kier molecular flexibility index (Phi) is 3.42. The fraction of sp³-hybridized carbons (Fsp3) is 0.273. The van der Waals surface area contributed by atoms with Gasteiger partial charge in [0.1, 0.15) is 17.2 Å². The van der Waals surface area contributed by atoms with E-state index in [0.717, 1.165) is 23.9 Å². The number of thioether (sulfide) groups is 1. The van der Waals surface area contributed by atoms with E-state index in [9.17, 15) is 18.4 Å². The van der Waals surface area contributed by atoms with Gasteiger partial charge in [-0.2, -0.15) is 0 Å². The maximum Gasteiger partial charge on any atom is 0.257 e. The van der Waals surface area contributed by atoms with Gasteiger partial charge in [-0.1, -0.05) is 17.8 Å². The lowest BCUT2D eigenvalue weighted by molar-refractivity contribution is -0.112. The highest BCUT2D eigenvalue weighted by molar-refractivity contribution is 8.14. The molecule has 0 aliphatic carbocycles. The van der Waals surface area contributed by atoms with Crippen LogP contribution in [0.25, 0.3) is 0 Å². The topological polar surface area (TPSA) is 46.2 Å². The number of nitrogens with one attached hydrogen (secondary N) is 1. The number of hydrogen-bond donors (Lipinski definition) is 1. The molecule has 2 rings (SSSR count). The summed E-state index contributed by atoms with van der Waals surface area (Å²) in [6.07, 6.45) is 0.491. The van der Waals surface area contributed by atoms with Crippen molar-refractivity contribution < 1.29 is 18.4 Å². The molecule has 0 aromatic heterocycles. The molecule has 1 N–H and O–H groups in total. The number of halogens is 2. The van der Waals surface area contributed by atoms with E-state index in [1.807, 2.05) is 0 Å². The summed E-state index contributed by atoms with van der Waals surface area (Å²) in [6.45, 7) is 0. The van der Waals surface area contributed by atoms with Crippen molar-refractivity contribution >= 4 is 22.8 Å². The zero-order valence-electron chi connectivity index (χ0n) is 8.70. The van der Waals surface area contributed by atoms with Gasteiger partial charge in [-0.05, 0) is 18.6 Å². The van der Waals surface area contributed by atoms with Gasteiger partial charge in [0.15, 0.2) is 0 Å². The molecule has 0 saturated carbocycles. The molecule has 1 aliphatic rings. The standard InChI is InChI=1S/C11H9F2NO2S/c12-6-2-1-3-7(13)9(6)10(15)14-8-4-5-17-11(8)16/h1-3,8H,4-5H2,(H,14,15). The van der Waals surface area contributed by atoms with Gasteiger partial charge in [-0.25, -0.2) is 8.78 Å². The smallest absolute Gasteiger partial charge is 0.257 e. The third-order valence-corrected chi connectivity index (χ3v) is 3.44. The zero-order chi connectivity index (χ0) is 12.4. The van der Waals surface area contributed by atoms with Gasteiger partial charge in [0.2, 0.25) is 5.12 Å². The fourth-order valence-corrected chi connectivity index (χ4v) is 2.50. The highest BCUT2D eigenvalue weighted by Gasteiger charge is 2.28. The molecule has 1 fully saturated rings. The maximum atomic E-state index is 13.3. The van der Waals surface area contributed by atoms with Crippen LogP contribution in [0, 0.1) is 11.6 Å². The average molecular weight is 257 g/mol. The van der Waals surface area contributed by atoms with Gasteiger partial charge in [0, 0.05) is 5.75 Å². The molecule has 6 heteroatoms. The second kappa shape index (κ2) is 4.83. The van der Waals surface area contributed by atoms with Crippen LogP contribution >= 0.6 is 11.8 Å². The van der Waals surface area contributed by atoms with Crippen LogP contribution in [-0.2, 0) is 4.79 Å². The van der Waals surface area contributed by atoms with Crippen molar-refractivity contribution in [3.63, 3.8) is 0 Å². The number of rotatable bonds is 2. The van der Waals surface area contributed by atoms with Gasteiger partial charge >= 0.3 is 0 Å². The molecule has 1 amide bonds. The lowest BCUT2D eigenvalue weighted by Crippen LogP contribution is -2.38. The predicted molar refractivity (Wildman–Crippen MR) is 59.7 cm³/mol. The minimum atomic E-state index is -0.930. The molecule has 0 spiro atoms. The second-order valence-corrected chi connectivity index (χ2v) is 4.68. The molecule has 0 bridgehead atoms. The molecule has 1 aliphatic heterocycles. The number of amides is 1. The molecule has 1 unspecified atom stereocenters. The fourth-order valence-electron chi connectivity index (χ4n) is 1.57. The molecule has 1 saturated heterocycles. The SMILES string of the molecule is O=C(NC1CCSC1=O)c1c(F)cccc1F. The van der Waals surface area contributed by atoms with Crippen molar-refractivity contribution in [1.82, 2.24) is 5.32 Å². The zero-order valence-corrected chi connectivity index (χ0v) is 9.52. The van der Waals surface area contributed by atoms with Crippen molar-refractivity contribution in [3.05, 3.63) is 35.4 Å². The van der Waals surface area contributed by atoms with Gasteiger partial charge < -0.3 is 5.32 Å². The van der Waals surface area contributed by atoms with E-state index in [1.54, 1.807) is 0 Å². The first-order chi connectivity index (χ1) is 8.09. The molecule has 1 heterocycles. The number of benzene rings is 1. The number of carbonyl (C=O) groups is 2. The van der Waals surface area contributed by atoms with E-state index in [0.29, 0.717) is 12.2 Å². The summed E-state index contributed by atoms with van der Waals surface area (Å²) in [5.74, 6) is -2.13. The Morgan fingerprint density at radius 3 is 2.53 bits per heavy atom. The van der Waals surface area contributed by atoms with Crippen LogP contribution in [0.2, 0.25) is 0 Å². The Morgan fingerprint density at radius 2 is 2.00 bits per heavy atom. The number of hydrogen-bond acceptors (Lipinski definition) is 3. The quantitative estimate of drug-likeness (QED) is 0.877. The van der Waals surface area contributed by atoms with Crippen LogP contribution in [-0.4, -0.2) is 22.8 Å². The van der Waals surface area contributed by atoms with Crippen LogP contribution in [0.1, 0.15) is 16.8 Å². The van der Waals surface area contributed by atoms with E-state index < -0.39 is 29.1 Å². The van der Waals surface area contributed by atoms with Crippen molar-refractivity contribution in [2.45, 2.75) is 12.5 Å². The van der Waals surface area contributed by atoms with Gasteiger partial charge in [-0.3, -0.25) is 9.59 Å². The monoisotopic (exact) mass is 257 g/mol. The largest absolute Gasteiger partial charge is 0.341 e. The summed E-state index contributed by atoms with van der Waals surface area (Å²) in [5.41, 5.74) is -0.641. The molecule has 90 valence electrons. The summed E-state index contributed by atoms with van der Waals surface area (Å²) in [5, 5.41) is 2.17. The molecule has 17 heavy (non-hydrogen) atoms. The van der Waals surface area contributed by atoms with Crippen LogP contribution in [0.5, 0.6) is 0 Å². The van der Waals surface area contributed by atoms with Gasteiger partial charge in [0.05, 0.1) is 6.04 Å². The molecule has 1 atom stereocenters. The Bertz CT molecular complexity index is 458. The van der Waals surface area contributed by atoms with E-state index in [-0.39, 0.29) is 5.12 Å². The summed E-state index contributed by atoms with van der Waals surface area (Å²) in [6, 6.07) is 2.54. The molecule has 0 radical (unpaired) electrons. The van der Waals surface area contributed by atoms with E-state index >= 15 is 0 Å². The minimum Gasteiger partial charge on any atom is -0.341 e. The highest BCUT2D eigenvalue weighted by Crippen LogP contribution is 2.20. The first-order valence-corrected chi connectivity index (χ1v) is 5.99. The van der Waals surface area contributed by atoms with Crippen LogP contribution in [0.3, 0.4) is 0 Å². The first kappa shape index (κ1) is 12.0. The third-order valence-electron chi connectivity index (χ3n) is 2.43. The summed E-state index contributed by atoms with van der Waals surface area (Å²) in [7, 11) is 0. The summed E-state index contributed by atoms with van der Waals surface area (Å²) in [4.78, 5) is 22.9. The van der Waals surface area contributed by atoms with Crippen molar-refractivity contribution in [3.8, 4) is 0 Å². The second-order valence-electron chi connectivity index (χ2n) is 3.58. The normalized spacial score (nSPS) is 19.4. The Morgan fingerprint density at radius 1 is 1.35 bits per heavy atom. The molecule has 1 aromatic rings. The third kappa shape index (κ3) is 2.46. The van der Waals surface area contributed by atoms with E-state index in [4.69, 9.17) is 0 Å². The molecular formula is C11H9F2NO2S. The highest BCUT2D eigenvalue weighted by atomic mass is 32.2. The van der Waals surface area contributed by atoms with Gasteiger partial charge in [-0.15, -0.1) is 0 Å². The van der Waals surface area contributed by atoms with Crippen molar-refractivity contribution in [2.24, 2.45) is 0 Å². The average Bonchev–Trinajstić information content (AvgIpc) is 2.64. The number of carbonyl (C=O) groups excluding carboxylic acids is 2. The Balaban J connectivity index is 2.17. The predicted octanol–water partition coefficient (Wildman–Crippen LogP) is 1.73. The Hall–Kier alpha value is -1.43. The van der Waals surface area contributed by atoms with Crippen LogP contribution in [0.4, 0.5) is 8.78 Å². The maximum absolute atomic E-state index is 13.3. The van der Waals surface area contributed by atoms with Crippen LogP contribution in [0.15, 0.2) is 18.2 Å². The summed E-state index contributed by atoms with van der Waals surface area (Å²) >= 11 is 1.11. The van der Waals surface area contributed by atoms with E-state index in [1.165, 1.54) is 6.07 Å². The molecule has 1 aromatic carbocycles. The lowest BCUT2D eigenvalue weighted by atomic mass is 10.1. The van der Waals surface area contributed by atoms with Crippen molar-refractivity contribution in [1.29, 1.82) is 0 Å². The van der Waals surface area contributed by atoms with Crippen molar-refractivity contribution in [2.75, 3.05) is 5.75 Å². The molecule has 3 nitrogen and oxygen atoms in total. The lowest BCUT2D eigenvalue weighted by Gasteiger charge is -2.10. The first-order valence-electron chi connectivity index (χ1n) is 5.01. The Labute approximate surface area is 101 Å². The van der Waals surface area contributed by atoms with E-state index in [2.05, 4.69) is 5.32 Å².